The average molecular weight is 238 g/mol. The van der Waals surface area contributed by atoms with Crippen molar-refractivity contribution in [2.45, 2.75) is 37.8 Å². The molecule has 1 saturated carbocycles. The number of rotatable bonds is 2. The second-order valence-corrected chi connectivity index (χ2v) is 4.69. The van der Waals surface area contributed by atoms with E-state index in [1.54, 1.807) is 0 Å². The van der Waals surface area contributed by atoms with Crippen LogP contribution in [0.3, 0.4) is 0 Å². The van der Waals surface area contributed by atoms with Crippen molar-refractivity contribution < 1.29 is 5.11 Å². The summed E-state index contributed by atoms with van der Waals surface area (Å²) in [6.45, 7) is 0. The van der Waals surface area contributed by atoms with Crippen molar-refractivity contribution in [3.05, 3.63) is 34.9 Å². The van der Waals surface area contributed by atoms with E-state index in [0.29, 0.717) is 5.02 Å². The molecule has 3 heteroatoms. The Bertz CT molecular complexity index is 378. The molecule has 1 aliphatic carbocycles. The van der Waals surface area contributed by atoms with Gasteiger partial charge in [0.2, 0.25) is 0 Å². The first kappa shape index (κ1) is 11.6. The average Bonchev–Trinajstić information content (AvgIpc) is 2.28. The van der Waals surface area contributed by atoms with Gasteiger partial charge in [0, 0.05) is 11.2 Å². The van der Waals surface area contributed by atoms with Crippen LogP contribution in [0.25, 0.3) is 0 Å². The van der Waals surface area contributed by atoms with Crippen LogP contribution in [-0.2, 0) is 0 Å². The molecule has 2 atom stereocenters. The first-order valence-electron chi connectivity index (χ1n) is 5.72. The van der Waals surface area contributed by atoms with E-state index < -0.39 is 0 Å². The molecule has 0 saturated heterocycles. The van der Waals surface area contributed by atoms with Crippen molar-refractivity contribution in [1.82, 2.24) is 0 Å². The number of hydrogen-bond donors (Lipinski definition) is 1. The molecule has 0 unspecified atom stereocenters. The molecule has 1 aromatic carbocycles. The SMILES string of the molecule is O[C@@H]1CCCC[C@H]1N=Cc1cccc(Cl)c1. The molecule has 0 bridgehead atoms. The first-order valence-corrected chi connectivity index (χ1v) is 6.10. The molecule has 0 amide bonds. The van der Waals surface area contributed by atoms with Crippen LogP contribution in [0.2, 0.25) is 5.02 Å². The van der Waals surface area contributed by atoms with Crippen molar-refractivity contribution in [3.8, 4) is 0 Å². The molecule has 0 spiro atoms. The lowest BCUT2D eigenvalue weighted by molar-refractivity contribution is 0.110. The lowest BCUT2D eigenvalue weighted by Crippen LogP contribution is -2.28. The third kappa shape index (κ3) is 3.06. The van der Waals surface area contributed by atoms with Crippen LogP contribution in [0.5, 0.6) is 0 Å². The highest BCUT2D eigenvalue weighted by atomic mass is 35.5. The van der Waals surface area contributed by atoms with E-state index in [0.717, 1.165) is 31.2 Å². The summed E-state index contributed by atoms with van der Waals surface area (Å²) in [7, 11) is 0. The monoisotopic (exact) mass is 237 g/mol. The van der Waals surface area contributed by atoms with Crippen molar-refractivity contribution >= 4 is 17.8 Å². The predicted octanol–water partition coefficient (Wildman–Crippen LogP) is 3.06. The topological polar surface area (TPSA) is 32.6 Å². The van der Waals surface area contributed by atoms with Crippen molar-refractivity contribution in [1.29, 1.82) is 0 Å². The molecule has 0 radical (unpaired) electrons. The van der Waals surface area contributed by atoms with Gasteiger partial charge in [-0.25, -0.2) is 0 Å². The van der Waals surface area contributed by atoms with E-state index in [2.05, 4.69) is 4.99 Å². The fraction of sp³-hybridized carbons (Fsp3) is 0.462. The molecule has 1 aromatic rings. The Hall–Kier alpha value is -0.860. The van der Waals surface area contributed by atoms with E-state index in [4.69, 9.17) is 11.6 Å². The maximum atomic E-state index is 9.76. The van der Waals surface area contributed by atoms with Gasteiger partial charge in [0.05, 0.1) is 12.1 Å². The minimum Gasteiger partial charge on any atom is -0.391 e. The molecule has 2 rings (SSSR count). The van der Waals surface area contributed by atoms with Crippen LogP contribution in [0.4, 0.5) is 0 Å². The zero-order valence-electron chi connectivity index (χ0n) is 9.14. The van der Waals surface area contributed by atoms with Crippen molar-refractivity contribution in [2.24, 2.45) is 4.99 Å². The first-order chi connectivity index (χ1) is 7.75. The van der Waals surface area contributed by atoms with Crippen LogP contribution in [-0.4, -0.2) is 23.5 Å². The van der Waals surface area contributed by atoms with Crippen molar-refractivity contribution in [3.63, 3.8) is 0 Å². The van der Waals surface area contributed by atoms with Crippen LogP contribution in [0, 0.1) is 0 Å². The molecule has 0 aliphatic heterocycles. The maximum absolute atomic E-state index is 9.76. The lowest BCUT2D eigenvalue weighted by atomic mass is 9.93. The molecule has 1 N–H and O–H groups in total. The van der Waals surface area contributed by atoms with Crippen LogP contribution in [0.1, 0.15) is 31.2 Å². The highest BCUT2D eigenvalue weighted by molar-refractivity contribution is 6.30. The smallest absolute Gasteiger partial charge is 0.0763 e. The zero-order valence-corrected chi connectivity index (χ0v) is 9.90. The summed E-state index contributed by atoms with van der Waals surface area (Å²) >= 11 is 5.88. The van der Waals surface area contributed by atoms with Gasteiger partial charge in [0.25, 0.3) is 0 Å². The number of aliphatic imine (C=N–C) groups is 1. The van der Waals surface area contributed by atoms with Gasteiger partial charge in [0.1, 0.15) is 0 Å². The van der Waals surface area contributed by atoms with Gasteiger partial charge in [-0.3, -0.25) is 4.99 Å². The summed E-state index contributed by atoms with van der Waals surface area (Å²) < 4.78 is 0. The Morgan fingerprint density at radius 2 is 2.12 bits per heavy atom. The van der Waals surface area contributed by atoms with Crippen molar-refractivity contribution in [2.75, 3.05) is 0 Å². The highest BCUT2D eigenvalue weighted by Crippen LogP contribution is 2.21. The number of nitrogens with zero attached hydrogens (tertiary/aromatic N) is 1. The number of halogens is 1. The van der Waals surface area contributed by atoms with E-state index in [9.17, 15) is 5.11 Å². The molecule has 0 heterocycles. The summed E-state index contributed by atoms with van der Waals surface area (Å²) in [4.78, 5) is 4.44. The van der Waals surface area contributed by atoms with E-state index in [1.165, 1.54) is 0 Å². The standard InChI is InChI=1S/C13H16ClNO/c14-11-5-3-4-10(8-11)9-15-12-6-1-2-7-13(12)16/h3-5,8-9,12-13,16H,1-2,6-7H2/t12-,13-/m1/s1. The highest BCUT2D eigenvalue weighted by Gasteiger charge is 2.21. The Labute approximate surface area is 101 Å². The molecule has 16 heavy (non-hydrogen) atoms. The largest absolute Gasteiger partial charge is 0.391 e. The maximum Gasteiger partial charge on any atom is 0.0763 e. The van der Waals surface area contributed by atoms with Gasteiger partial charge in [-0.2, -0.15) is 0 Å². The van der Waals surface area contributed by atoms with Gasteiger partial charge in [-0.05, 0) is 30.5 Å². The number of aliphatic hydroxyl groups excluding tert-OH is 1. The summed E-state index contributed by atoms with van der Waals surface area (Å²) in [5, 5.41) is 10.5. The van der Waals surface area contributed by atoms with E-state index >= 15 is 0 Å². The second kappa shape index (κ2) is 5.46. The fourth-order valence-corrected chi connectivity index (χ4v) is 2.23. The number of hydrogen-bond acceptors (Lipinski definition) is 2. The summed E-state index contributed by atoms with van der Waals surface area (Å²) in [6, 6.07) is 7.65. The lowest BCUT2D eigenvalue weighted by Gasteiger charge is -2.23. The third-order valence-corrected chi connectivity index (χ3v) is 3.19. The zero-order chi connectivity index (χ0) is 11.4. The molecule has 1 fully saturated rings. The Morgan fingerprint density at radius 1 is 1.31 bits per heavy atom. The molecular formula is C13H16ClNO. The van der Waals surface area contributed by atoms with Crippen LogP contribution in [0.15, 0.2) is 29.3 Å². The van der Waals surface area contributed by atoms with Gasteiger partial charge < -0.3 is 5.11 Å². The number of aliphatic hydroxyl groups is 1. The Morgan fingerprint density at radius 3 is 2.88 bits per heavy atom. The van der Waals surface area contributed by atoms with Gasteiger partial charge >= 0.3 is 0 Å². The Kier molecular flexibility index (Phi) is 3.97. The molecule has 1 aliphatic rings. The summed E-state index contributed by atoms with van der Waals surface area (Å²) in [5.41, 5.74) is 0.991. The molecule has 0 aromatic heterocycles. The third-order valence-electron chi connectivity index (χ3n) is 2.96. The van der Waals surface area contributed by atoms with Crippen LogP contribution >= 0.6 is 11.6 Å². The fourth-order valence-electron chi connectivity index (χ4n) is 2.03. The second-order valence-electron chi connectivity index (χ2n) is 4.25. The Balaban J connectivity index is 2.02. The van der Waals surface area contributed by atoms with Crippen LogP contribution < -0.4 is 0 Å². The molecular weight excluding hydrogens is 222 g/mol. The summed E-state index contributed by atoms with van der Waals surface area (Å²) in [5.74, 6) is 0. The molecule has 86 valence electrons. The normalized spacial score (nSPS) is 26.1. The predicted molar refractivity (Wildman–Crippen MR) is 67.3 cm³/mol. The van der Waals surface area contributed by atoms with Gasteiger partial charge in [-0.1, -0.05) is 36.6 Å². The minimum atomic E-state index is -0.274. The number of benzene rings is 1. The van der Waals surface area contributed by atoms with Gasteiger partial charge in [0.15, 0.2) is 0 Å². The van der Waals surface area contributed by atoms with Gasteiger partial charge in [-0.15, -0.1) is 0 Å². The summed E-state index contributed by atoms with van der Waals surface area (Å²) in [6.07, 6.45) is 5.67. The van der Waals surface area contributed by atoms with E-state index in [1.807, 2.05) is 30.5 Å². The van der Waals surface area contributed by atoms with E-state index in [-0.39, 0.29) is 12.1 Å². The molecule has 2 nitrogen and oxygen atoms in total. The minimum absolute atomic E-state index is 0.0627. The quantitative estimate of drug-likeness (QED) is 0.788.